The Hall–Kier alpha value is -1.59. The molecule has 2 heterocycles. The molecule has 27 heavy (non-hydrogen) atoms. The quantitative estimate of drug-likeness (QED) is 0.597. The van der Waals surface area contributed by atoms with Gasteiger partial charge in [-0.25, -0.2) is 0 Å². The topological polar surface area (TPSA) is 48.9 Å². The number of rotatable bonds is 6. The lowest BCUT2D eigenvalue weighted by Crippen LogP contribution is -2.58. The third kappa shape index (κ3) is 4.14. The Bertz CT molecular complexity index is 629. The molecule has 0 spiro atoms. The van der Waals surface area contributed by atoms with E-state index in [-0.39, 0.29) is 5.54 Å². The molecule has 0 aromatic heterocycles. The summed E-state index contributed by atoms with van der Waals surface area (Å²) >= 11 is 0. The van der Waals surface area contributed by atoms with E-state index in [0.29, 0.717) is 5.41 Å². The Kier molecular flexibility index (Phi) is 5.69. The number of nitrogens with zero attached hydrogens (tertiary/aromatic N) is 2. The maximum absolute atomic E-state index is 5.67. The van der Waals surface area contributed by atoms with Crippen molar-refractivity contribution in [2.75, 3.05) is 46.4 Å². The minimum Gasteiger partial charge on any atom is -0.381 e. The highest BCUT2D eigenvalue weighted by atomic mass is 16.5. The van der Waals surface area contributed by atoms with Crippen molar-refractivity contribution in [3.63, 3.8) is 0 Å². The summed E-state index contributed by atoms with van der Waals surface area (Å²) in [6.45, 7) is 6.11. The Morgan fingerprint density at radius 2 is 1.67 bits per heavy atom. The monoisotopic (exact) mass is 370 g/mol. The SMILES string of the molecule is CN=C(NCC1(c2ccccc2)CC1)NCC1(N2CCCC2)CCOCC1. The normalized spacial score (nSPS) is 24.6. The van der Waals surface area contributed by atoms with Crippen LogP contribution in [0.25, 0.3) is 0 Å². The lowest BCUT2D eigenvalue weighted by atomic mass is 9.88. The third-order valence-corrected chi connectivity index (χ3v) is 6.84. The second-order valence-corrected chi connectivity index (χ2v) is 8.46. The fraction of sp³-hybridized carbons (Fsp3) is 0.682. The van der Waals surface area contributed by atoms with Gasteiger partial charge in [-0.05, 0) is 57.2 Å². The molecule has 0 unspecified atom stereocenters. The summed E-state index contributed by atoms with van der Waals surface area (Å²) < 4.78 is 5.67. The fourth-order valence-corrected chi connectivity index (χ4v) is 4.78. The largest absolute Gasteiger partial charge is 0.381 e. The van der Waals surface area contributed by atoms with E-state index in [9.17, 15) is 0 Å². The molecule has 148 valence electrons. The molecule has 5 heteroatoms. The van der Waals surface area contributed by atoms with Crippen molar-refractivity contribution in [2.24, 2.45) is 4.99 Å². The molecule has 5 nitrogen and oxygen atoms in total. The van der Waals surface area contributed by atoms with E-state index >= 15 is 0 Å². The van der Waals surface area contributed by atoms with Crippen LogP contribution in [0.4, 0.5) is 0 Å². The summed E-state index contributed by atoms with van der Waals surface area (Å²) in [6.07, 6.45) is 7.41. The molecule has 1 aromatic carbocycles. The highest BCUT2D eigenvalue weighted by Gasteiger charge is 2.44. The van der Waals surface area contributed by atoms with Crippen molar-refractivity contribution in [3.8, 4) is 0 Å². The number of nitrogens with one attached hydrogen (secondary N) is 2. The minimum absolute atomic E-state index is 0.225. The van der Waals surface area contributed by atoms with Crippen LogP contribution in [0.5, 0.6) is 0 Å². The summed E-state index contributed by atoms with van der Waals surface area (Å²) in [5, 5.41) is 7.26. The average Bonchev–Trinajstić information content (AvgIpc) is 3.31. The van der Waals surface area contributed by atoms with Gasteiger partial charge in [-0.1, -0.05) is 30.3 Å². The van der Waals surface area contributed by atoms with Gasteiger partial charge in [0, 0.05) is 44.3 Å². The zero-order valence-corrected chi connectivity index (χ0v) is 16.7. The fourth-order valence-electron chi connectivity index (χ4n) is 4.78. The van der Waals surface area contributed by atoms with Crippen LogP contribution in [-0.4, -0.2) is 62.8 Å². The second-order valence-electron chi connectivity index (χ2n) is 8.46. The number of aliphatic imine (C=N–C) groups is 1. The highest BCUT2D eigenvalue weighted by Crippen LogP contribution is 2.47. The first-order valence-electron chi connectivity index (χ1n) is 10.6. The number of guanidine groups is 1. The first-order valence-corrected chi connectivity index (χ1v) is 10.6. The van der Waals surface area contributed by atoms with E-state index in [0.717, 1.165) is 45.1 Å². The maximum atomic E-state index is 5.67. The predicted octanol–water partition coefficient (Wildman–Crippen LogP) is 2.53. The molecule has 3 aliphatic rings. The number of ether oxygens (including phenoxy) is 1. The van der Waals surface area contributed by atoms with E-state index in [1.165, 1.54) is 44.3 Å². The van der Waals surface area contributed by atoms with E-state index in [1.54, 1.807) is 0 Å². The van der Waals surface area contributed by atoms with Gasteiger partial charge in [0.05, 0.1) is 0 Å². The third-order valence-electron chi connectivity index (χ3n) is 6.84. The van der Waals surface area contributed by atoms with Gasteiger partial charge in [0.15, 0.2) is 5.96 Å². The molecular weight excluding hydrogens is 336 g/mol. The van der Waals surface area contributed by atoms with Gasteiger partial charge < -0.3 is 15.4 Å². The zero-order chi connectivity index (χ0) is 18.6. The molecular formula is C22H34N4O. The molecule has 2 saturated heterocycles. The summed E-state index contributed by atoms with van der Waals surface area (Å²) in [4.78, 5) is 7.20. The molecule has 1 aliphatic carbocycles. The van der Waals surface area contributed by atoms with E-state index in [4.69, 9.17) is 4.74 Å². The van der Waals surface area contributed by atoms with Crippen LogP contribution in [0.15, 0.2) is 35.3 Å². The smallest absolute Gasteiger partial charge is 0.191 e. The molecule has 2 aliphatic heterocycles. The summed E-state index contributed by atoms with van der Waals surface area (Å²) in [7, 11) is 1.88. The van der Waals surface area contributed by atoms with Crippen LogP contribution in [0, 0.1) is 0 Å². The first-order chi connectivity index (χ1) is 13.3. The molecule has 4 rings (SSSR count). The van der Waals surface area contributed by atoms with Gasteiger partial charge in [-0.2, -0.15) is 0 Å². The van der Waals surface area contributed by atoms with Crippen molar-refractivity contribution in [1.82, 2.24) is 15.5 Å². The summed E-state index contributed by atoms with van der Waals surface area (Å²) in [5.74, 6) is 0.933. The van der Waals surface area contributed by atoms with Crippen LogP contribution in [0.3, 0.4) is 0 Å². The van der Waals surface area contributed by atoms with Gasteiger partial charge in [0.25, 0.3) is 0 Å². The maximum Gasteiger partial charge on any atom is 0.191 e. The number of likely N-dealkylation sites (tertiary alicyclic amines) is 1. The Balaban J connectivity index is 1.34. The first kappa shape index (κ1) is 18.8. The van der Waals surface area contributed by atoms with Crippen molar-refractivity contribution in [1.29, 1.82) is 0 Å². The molecule has 3 fully saturated rings. The zero-order valence-electron chi connectivity index (χ0n) is 16.7. The highest BCUT2D eigenvalue weighted by molar-refractivity contribution is 5.80. The molecule has 2 N–H and O–H groups in total. The number of benzene rings is 1. The van der Waals surface area contributed by atoms with Crippen LogP contribution in [0.1, 0.15) is 44.1 Å². The van der Waals surface area contributed by atoms with Crippen molar-refractivity contribution < 1.29 is 4.74 Å². The van der Waals surface area contributed by atoms with Crippen molar-refractivity contribution in [2.45, 2.75) is 49.5 Å². The van der Waals surface area contributed by atoms with Gasteiger partial charge in [0.2, 0.25) is 0 Å². The van der Waals surface area contributed by atoms with Crippen molar-refractivity contribution >= 4 is 5.96 Å². The van der Waals surface area contributed by atoms with Gasteiger partial charge in [0.1, 0.15) is 0 Å². The molecule has 0 radical (unpaired) electrons. The van der Waals surface area contributed by atoms with Crippen molar-refractivity contribution in [3.05, 3.63) is 35.9 Å². The lowest BCUT2D eigenvalue weighted by molar-refractivity contribution is -0.0164. The van der Waals surface area contributed by atoms with Gasteiger partial charge in [-0.3, -0.25) is 9.89 Å². The Morgan fingerprint density at radius 1 is 1.00 bits per heavy atom. The molecule has 0 atom stereocenters. The van der Waals surface area contributed by atoms with E-state index in [1.807, 2.05) is 7.05 Å². The molecule has 0 bridgehead atoms. The van der Waals surface area contributed by atoms with Crippen LogP contribution < -0.4 is 10.6 Å². The Morgan fingerprint density at radius 3 is 2.30 bits per heavy atom. The number of hydrogen-bond acceptors (Lipinski definition) is 3. The number of hydrogen-bond donors (Lipinski definition) is 2. The molecule has 0 amide bonds. The summed E-state index contributed by atoms with van der Waals surface area (Å²) in [5.41, 5.74) is 1.97. The van der Waals surface area contributed by atoms with Gasteiger partial charge >= 0.3 is 0 Å². The standard InChI is InChI=1S/C22H34N4O/c1-23-20(24-17-21(9-10-21)19-7-3-2-4-8-19)25-18-22(11-15-27-16-12-22)26-13-5-6-14-26/h2-4,7-8H,5-6,9-18H2,1H3,(H2,23,24,25). The average molecular weight is 371 g/mol. The van der Waals surface area contributed by atoms with Gasteiger partial charge in [-0.15, -0.1) is 0 Å². The van der Waals surface area contributed by atoms with Crippen LogP contribution in [-0.2, 0) is 10.2 Å². The van der Waals surface area contributed by atoms with E-state index in [2.05, 4.69) is 50.9 Å². The van der Waals surface area contributed by atoms with Crippen LogP contribution in [0.2, 0.25) is 0 Å². The second kappa shape index (κ2) is 8.19. The minimum atomic E-state index is 0.225. The van der Waals surface area contributed by atoms with E-state index < -0.39 is 0 Å². The molecule has 1 saturated carbocycles. The predicted molar refractivity (Wildman–Crippen MR) is 110 cm³/mol. The van der Waals surface area contributed by atoms with Crippen LogP contribution >= 0.6 is 0 Å². The Labute approximate surface area is 163 Å². The molecule has 1 aromatic rings. The summed E-state index contributed by atoms with van der Waals surface area (Å²) in [6, 6.07) is 10.9. The lowest BCUT2D eigenvalue weighted by Gasteiger charge is -2.45.